The standard InChI is InChI=1S/C44H37N8.Zn/c1-49-21-13-29(14-22-49)41-33-5-7-35(45-33)42(30-15-23-50(2)24-16-30)37-9-11-39(47-37)44(32-19-27-52(4)28-20-32)40-12-10-38(48-40)43(36-8-6-34(41)46-36)31-17-25-51(3)26-18-31;/h5-28H,1-4H3,(H,45,46,47,48);/q+3;+2/p+1. The molecule has 2 N–H and O–H groups in total. The van der Waals surface area contributed by atoms with E-state index in [1.54, 1.807) is 0 Å². The van der Waals surface area contributed by atoms with Gasteiger partial charge in [0.25, 0.3) is 0 Å². The fraction of sp³-hybridized carbons (Fsp3) is 0.0909. The summed E-state index contributed by atoms with van der Waals surface area (Å²) in [5.74, 6) is 0. The molecule has 0 spiro atoms. The van der Waals surface area contributed by atoms with E-state index in [0.717, 1.165) is 89.4 Å². The molecule has 0 amide bonds. The smallest absolute Gasteiger partial charge is 0.354 e. The maximum absolute atomic E-state index is 5.38. The molecule has 0 saturated heterocycles. The first-order chi connectivity index (χ1) is 25.4. The molecule has 53 heavy (non-hydrogen) atoms. The molecule has 9 rings (SSSR count). The maximum atomic E-state index is 5.38. The Labute approximate surface area is 320 Å². The molecule has 8 bridgehead atoms. The first-order valence-corrected chi connectivity index (χ1v) is 17.4. The van der Waals surface area contributed by atoms with E-state index in [9.17, 15) is 0 Å². The number of rotatable bonds is 4. The molecule has 0 unspecified atom stereocenters. The van der Waals surface area contributed by atoms with Crippen LogP contribution in [-0.4, -0.2) is 19.9 Å². The normalized spacial score (nSPS) is 11.8. The molecule has 9 heteroatoms. The minimum atomic E-state index is 0. The average Bonchev–Trinajstić information content (AvgIpc) is 3.99. The molecule has 0 aromatic carbocycles. The molecular weight excluding hydrogens is 706 g/mol. The summed E-state index contributed by atoms with van der Waals surface area (Å²) < 4.78 is 8.20. The summed E-state index contributed by atoms with van der Waals surface area (Å²) in [5.41, 5.74) is 15.9. The van der Waals surface area contributed by atoms with Crippen LogP contribution in [0.4, 0.5) is 0 Å². The summed E-state index contributed by atoms with van der Waals surface area (Å²) in [6.45, 7) is 0. The van der Waals surface area contributed by atoms with Crippen molar-refractivity contribution in [2.24, 2.45) is 28.2 Å². The second kappa shape index (κ2) is 13.8. The van der Waals surface area contributed by atoms with Crippen molar-refractivity contribution in [1.82, 2.24) is 19.9 Å². The third-order valence-electron chi connectivity index (χ3n) is 9.82. The number of nitrogens with one attached hydrogen (secondary N) is 2. The van der Waals surface area contributed by atoms with Crippen molar-refractivity contribution in [2.75, 3.05) is 0 Å². The van der Waals surface area contributed by atoms with Gasteiger partial charge in [0.2, 0.25) is 0 Å². The Kier molecular flexibility index (Phi) is 8.81. The Bertz CT molecular complexity index is 2590. The molecule has 0 radical (unpaired) electrons. The number of aromatic nitrogens is 8. The Hall–Kier alpha value is -6.18. The van der Waals surface area contributed by atoms with Crippen molar-refractivity contribution in [2.45, 2.75) is 0 Å². The number of aryl methyl sites for hydroxylation is 4. The first kappa shape index (κ1) is 33.9. The summed E-state index contributed by atoms with van der Waals surface area (Å²) in [4.78, 5) is 18.4. The van der Waals surface area contributed by atoms with Gasteiger partial charge in [-0.15, -0.1) is 0 Å². The number of aromatic amines is 2. The predicted molar refractivity (Wildman–Crippen MR) is 205 cm³/mol. The summed E-state index contributed by atoms with van der Waals surface area (Å²) in [6.07, 6.45) is 25.1. The van der Waals surface area contributed by atoms with Crippen LogP contribution in [0.5, 0.6) is 0 Å². The minimum Gasteiger partial charge on any atom is -0.354 e. The zero-order chi connectivity index (χ0) is 35.3. The van der Waals surface area contributed by atoms with Gasteiger partial charge in [0, 0.05) is 92.9 Å². The molecule has 8 nitrogen and oxygen atoms in total. The second-order valence-corrected chi connectivity index (χ2v) is 13.5. The first-order valence-electron chi connectivity index (χ1n) is 17.4. The van der Waals surface area contributed by atoms with Gasteiger partial charge in [0.15, 0.2) is 49.6 Å². The number of nitrogens with zero attached hydrogens (tertiary/aromatic N) is 6. The topological polar surface area (TPSA) is 72.9 Å². The third-order valence-corrected chi connectivity index (χ3v) is 9.82. The van der Waals surface area contributed by atoms with Gasteiger partial charge in [-0.1, -0.05) is 0 Å². The van der Waals surface area contributed by atoms with Crippen molar-refractivity contribution in [1.29, 1.82) is 0 Å². The zero-order valence-corrected chi connectivity index (χ0v) is 33.2. The van der Waals surface area contributed by atoms with Crippen LogP contribution in [0, 0.1) is 0 Å². The van der Waals surface area contributed by atoms with E-state index in [2.05, 4.69) is 161 Å². The molecule has 7 aromatic heterocycles. The number of pyridine rings is 4. The molecule has 7 aromatic rings. The minimum absolute atomic E-state index is 0. The quantitative estimate of drug-likeness (QED) is 0.157. The van der Waals surface area contributed by atoms with Gasteiger partial charge >= 0.3 is 19.5 Å². The zero-order valence-electron chi connectivity index (χ0n) is 30.2. The van der Waals surface area contributed by atoms with Crippen LogP contribution >= 0.6 is 0 Å². The van der Waals surface area contributed by atoms with E-state index in [4.69, 9.17) is 9.97 Å². The molecule has 0 fully saturated rings. The van der Waals surface area contributed by atoms with Gasteiger partial charge in [-0.2, -0.15) is 0 Å². The van der Waals surface area contributed by atoms with Gasteiger partial charge < -0.3 is 9.97 Å². The molecular formula is C44H38N8Zn+6. The Balaban J connectivity index is 0.00000400. The molecule has 2 aliphatic rings. The number of fused-ring (bicyclic) bond motifs is 8. The molecule has 250 valence electrons. The van der Waals surface area contributed by atoms with Crippen LogP contribution in [0.15, 0.2) is 122 Å². The molecule has 0 atom stereocenters. The predicted octanol–water partition coefficient (Wildman–Crippen LogP) is 6.62. The number of hydrogen-bond donors (Lipinski definition) is 2. The van der Waals surface area contributed by atoms with E-state index >= 15 is 0 Å². The SMILES string of the molecule is C[n+]1ccc(-c2c3nc(c(-c4cc[n+](C)cc4)c4ccc([nH]4)c(-c4cc[n+](C)cc4)c4ccc([nH]4)c(-c4cc[n+](C)cc4)c4nc2C=C4)C=C3)cc1.[Zn+2]. The van der Waals surface area contributed by atoms with Crippen LogP contribution in [0.1, 0.15) is 22.8 Å². The van der Waals surface area contributed by atoms with E-state index in [1.807, 2.05) is 41.9 Å². The van der Waals surface area contributed by atoms with Gasteiger partial charge in [0.05, 0.1) is 22.8 Å². The van der Waals surface area contributed by atoms with Gasteiger partial charge in [-0.05, 0) is 70.8 Å². The number of hydrogen-bond acceptors (Lipinski definition) is 2. The average molecular weight is 744 g/mol. The molecule has 0 saturated carbocycles. The van der Waals surface area contributed by atoms with Crippen molar-refractivity contribution >= 4 is 46.4 Å². The fourth-order valence-electron chi connectivity index (χ4n) is 7.09. The van der Waals surface area contributed by atoms with Crippen LogP contribution in [0.3, 0.4) is 0 Å². The van der Waals surface area contributed by atoms with Gasteiger partial charge in [-0.25, -0.2) is 28.2 Å². The van der Waals surface area contributed by atoms with Crippen molar-refractivity contribution in [3.63, 3.8) is 0 Å². The van der Waals surface area contributed by atoms with Crippen LogP contribution in [0.2, 0.25) is 0 Å². The Morgan fingerprint density at radius 3 is 0.906 bits per heavy atom. The van der Waals surface area contributed by atoms with E-state index < -0.39 is 0 Å². The van der Waals surface area contributed by atoms with Gasteiger partial charge in [-0.3, -0.25) is 0 Å². The summed E-state index contributed by atoms with van der Waals surface area (Å²) >= 11 is 0. The summed E-state index contributed by atoms with van der Waals surface area (Å²) in [6, 6.07) is 25.9. The molecule has 9 heterocycles. The molecule has 2 aliphatic heterocycles. The van der Waals surface area contributed by atoms with E-state index in [-0.39, 0.29) is 19.5 Å². The Morgan fingerprint density at radius 2 is 0.585 bits per heavy atom. The molecule has 0 aliphatic carbocycles. The largest absolute Gasteiger partial charge is 2.00 e. The maximum Gasteiger partial charge on any atom is 2.00 e. The fourth-order valence-corrected chi connectivity index (χ4v) is 7.09. The van der Waals surface area contributed by atoms with Crippen LogP contribution in [0.25, 0.3) is 90.9 Å². The van der Waals surface area contributed by atoms with E-state index in [0.29, 0.717) is 0 Å². The van der Waals surface area contributed by atoms with Crippen LogP contribution in [-0.2, 0) is 47.7 Å². The third kappa shape index (κ3) is 6.34. The number of H-pyrrole nitrogens is 2. The summed E-state index contributed by atoms with van der Waals surface area (Å²) in [5, 5.41) is 0. The monoisotopic (exact) mass is 742 g/mol. The van der Waals surface area contributed by atoms with Crippen LogP contribution < -0.4 is 18.3 Å². The summed E-state index contributed by atoms with van der Waals surface area (Å²) in [7, 11) is 8.14. The second-order valence-electron chi connectivity index (χ2n) is 13.5. The van der Waals surface area contributed by atoms with Gasteiger partial charge in [0.1, 0.15) is 28.2 Å². The van der Waals surface area contributed by atoms with Crippen molar-refractivity contribution < 1.29 is 37.7 Å². The van der Waals surface area contributed by atoms with E-state index in [1.165, 1.54) is 0 Å². The van der Waals surface area contributed by atoms with Crippen molar-refractivity contribution in [3.8, 4) is 44.5 Å². The van der Waals surface area contributed by atoms with Crippen molar-refractivity contribution in [3.05, 3.63) is 145 Å². The Morgan fingerprint density at radius 1 is 0.340 bits per heavy atom.